The highest BCUT2D eigenvalue weighted by Crippen LogP contribution is 1.92. The number of carbonyl (C=O) groups is 2. The van der Waals surface area contributed by atoms with Gasteiger partial charge in [0.15, 0.2) is 1.41 Å². The van der Waals surface area contributed by atoms with Crippen LogP contribution in [0.15, 0.2) is 12.7 Å². The maximum Gasteiger partial charge on any atom is 0.243 e. The molecule has 0 aromatic heterocycles. The molecule has 0 unspecified atom stereocenters. The van der Waals surface area contributed by atoms with E-state index < -0.39 is 0 Å². The van der Waals surface area contributed by atoms with Gasteiger partial charge in [-0.3, -0.25) is 9.59 Å². The summed E-state index contributed by atoms with van der Waals surface area (Å²) in [6.07, 6.45) is 3.62. The molecule has 2 N–H and O–H groups in total. The van der Waals surface area contributed by atoms with Gasteiger partial charge in [-0.25, -0.2) is 0 Å². The number of hydrogen-bond donors (Lipinski definition) is 2. The summed E-state index contributed by atoms with van der Waals surface area (Å²) in [7, 11) is 0. The number of hydrogen-bond acceptors (Lipinski definition) is 2. The van der Waals surface area contributed by atoms with E-state index in [1.54, 1.807) is 0 Å². The molecule has 0 radical (unpaired) electrons. The van der Waals surface area contributed by atoms with Crippen molar-refractivity contribution < 1.29 is 11.0 Å². The maximum absolute atomic E-state index is 10.9. The lowest BCUT2D eigenvalue weighted by molar-refractivity contribution is -0.118. The van der Waals surface area contributed by atoms with Gasteiger partial charge >= 0.3 is 0 Å². The Morgan fingerprint density at radius 3 is 2.60 bits per heavy atom. The van der Waals surface area contributed by atoms with E-state index in [-0.39, 0.29) is 11.8 Å². The third kappa shape index (κ3) is 9.46. The summed E-state index contributed by atoms with van der Waals surface area (Å²) < 4.78 is 7.29. The van der Waals surface area contributed by atoms with Crippen molar-refractivity contribution in [2.45, 2.75) is 19.3 Å². The molecule has 0 saturated carbocycles. The first-order valence-electron chi connectivity index (χ1n) is 5.32. The topological polar surface area (TPSA) is 58.2 Å². The van der Waals surface area contributed by atoms with E-state index in [9.17, 15) is 9.59 Å². The molecule has 0 aliphatic carbocycles. The van der Waals surface area contributed by atoms with Gasteiger partial charge in [-0.05, 0) is 25.3 Å². The minimum Gasteiger partial charge on any atom is -0.355 e. The van der Waals surface area contributed by atoms with Crippen molar-refractivity contribution >= 4 is 27.7 Å². The van der Waals surface area contributed by atoms with E-state index >= 15 is 0 Å². The molecule has 0 aromatic carbocycles. The first-order valence-corrected chi connectivity index (χ1v) is 5.99. The predicted molar refractivity (Wildman–Crippen MR) is 63.9 cm³/mol. The van der Waals surface area contributed by atoms with Crippen molar-refractivity contribution in [3.05, 3.63) is 12.7 Å². The second kappa shape index (κ2) is 9.71. The number of alkyl halides is 1. The van der Waals surface area contributed by atoms with E-state index in [4.69, 9.17) is 1.41 Å². The molecular weight excluding hydrogens is 260 g/mol. The summed E-state index contributed by atoms with van der Waals surface area (Å²) >= 11 is 3.05. The van der Waals surface area contributed by atoms with Crippen LogP contribution in [0.3, 0.4) is 0 Å². The molecule has 4 nitrogen and oxygen atoms in total. The maximum atomic E-state index is 10.9. The first-order chi connectivity index (χ1) is 7.61. The van der Waals surface area contributed by atoms with E-state index in [2.05, 4.69) is 27.8 Å². The Balaban J connectivity index is 3.36. The van der Waals surface area contributed by atoms with Crippen molar-refractivity contribution in [1.82, 2.24) is 10.6 Å². The minimum absolute atomic E-state index is 0.0241. The molecule has 0 aliphatic heterocycles. The Kier molecular flexibility index (Phi) is 7.91. The summed E-state index contributed by atoms with van der Waals surface area (Å²) in [4.78, 5) is 21.7. The van der Waals surface area contributed by atoms with Crippen LogP contribution in [0.25, 0.3) is 0 Å². The normalized spacial score (nSPS) is 10.3. The van der Waals surface area contributed by atoms with E-state index in [0.717, 1.165) is 30.6 Å². The van der Waals surface area contributed by atoms with Gasteiger partial charge in [-0.2, -0.15) is 0 Å². The molecule has 0 bridgehead atoms. The highest BCUT2D eigenvalue weighted by atomic mass is 79.9. The lowest BCUT2D eigenvalue weighted by Gasteiger charge is -2.03. The summed E-state index contributed by atoms with van der Waals surface area (Å²) in [5, 5.41) is 3.94. The van der Waals surface area contributed by atoms with Crippen LogP contribution >= 0.6 is 15.9 Å². The lowest BCUT2D eigenvalue weighted by atomic mass is 10.2. The summed E-state index contributed by atoms with van der Waals surface area (Å²) in [6.45, 7) is 4.34. The van der Waals surface area contributed by atoms with Crippen molar-refractivity contribution in [3.63, 3.8) is 0 Å². The fraction of sp³-hybridized carbons (Fsp3) is 0.600. The van der Waals surface area contributed by atoms with Crippen molar-refractivity contribution in [2.24, 2.45) is 0 Å². The van der Waals surface area contributed by atoms with Crippen LogP contribution in [0.2, 0.25) is 1.41 Å². The summed E-state index contributed by atoms with van der Waals surface area (Å²) in [5.74, 6) is -0.406. The number of carbonyl (C=O) groups excluding carboxylic acids is 2. The third-order valence-electron chi connectivity index (χ3n) is 1.72. The van der Waals surface area contributed by atoms with Gasteiger partial charge < -0.3 is 10.6 Å². The molecule has 5 heteroatoms. The Hall–Kier alpha value is -0.840. The SMILES string of the molecule is [2H]N(CCCCCNC(=O)CBr)C(=O)C=C. The molecule has 86 valence electrons. The molecule has 0 aromatic rings. The van der Waals surface area contributed by atoms with E-state index in [0.29, 0.717) is 18.4 Å². The van der Waals surface area contributed by atoms with Crippen LogP contribution in [-0.2, 0) is 9.59 Å². The zero-order valence-corrected chi connectivity index (χ0v) is 10.3. The average Bonchev–Trinajstić information content (AvgIpc) is 2.31. The average molecular weight is 278 g/mol. The third-order valence-corrected chi connectivity index (χ3v) is 2.23. The van der Waals surface area contributed by atoms with Crippen molar-refractivity contribution in [3.8, 4) is 0 Å². The van der Waals surface area contributed by atoms with E-state index in [1.165, 1.54) is 0 Å². The Bertz CT molecular complexity index is 249. The second-order valence-corrected chi connectivity index (χ2v) is 3.53. The van der Waals surface area contributed by atoms with Crippen molar-refractivity contribution in [2.75, 3.05) is 18.4 Å². The number of rotatable bonds is 8. The van der Waals surface area contributed by atoms with Gasteiger partial charge in [0.05, 0.1) is 5.33 Å². The summed E-state index contributed by atoms with van der Waals surface area (Å²) in [5.41, 5.74) is 0. The van der Waals surface area contributed by atoms with Gasteiger partial charge in [0.25, 0.3) is 0 Å². The number of nitrogens with one attached hydrogen (secondary N) is 2. The number of amides is 2. The van der Waals surface area contributed by atoms with Gasteiger partial charge in [-0.1, -0.05) is 22.5 Å². The second-order valence-electron chi connectivity index (χ2n) is 2.97. The van der Waals surface area contributed by atoms with Gasteiger partial charge in [0.1, 0.15) is 0 Å². The van der Waals surface area contributed by atoms with Crippen LogP contribution in [0.5, 0.6) is 0 Å². The zero-order valence-electron chi connectivity index (χ0n) is 9.67. The molecule has 0 heterocycles. The Labute approximate surface area is 100 Å². The molecule has 15 heavy (non-hydrogen) atoms. The van der Waals surface area contributed by atoms with Crippen molar-refractivity contribution in [1.29, 1.82) is 0 Å². The zero-order chi connectivity index (χ0) is 12.4. The Morgan fingerprint density at radius 1 is 1.33 bits per heavy atom. The molecule has 0 spiro atoms. The largest absolute Gasteiger partial charge is 0.355 e. The molecule has 0 atom stereocenters. The molecule has 0 aliphatic rings. The van der Waals surface area contributed by atoms with Gasteiger partial charge in [-0.15, -0.1) is 0 Å². The van der Waals surface area contributed by atoms with Crippen LogP contribution in [0.4, 0.5) is 0 Å². The summed E-state index contributed by atoms with van der Waals surface area (Å²) in [6, 6.07) is 0. The fourth-order valence-corrected chi connectivity index (χ4v) is 1.14. The van der Waals surface area contributed by atoms with Crippen LogP contribution < -0.4 is 10.6 Å². The van der Waals surface area contributed by atoms with Gasteiger partial charge in [0, 0.05) is 13.1 Å². The standard InChI is InChI=1S/C10H17BrN2O2/c1-2-9(14)12-6-4-3-5-7-13-10(15)8-11/h2H,1,3-8H2,(H,12,14)(H,13,15)/i/hD. The van der Waals surface area contributed by atoms with Crippen LogP contribution in [0, 0.1) is 0 Å². The first kappa shape index (κ1) is 12.2. The molecular formula is C10H17BrN2O2. The predicted octanol–water partition coefficient (Wildman–Crippen LogP) is 0.970. The minimum atomic E-state index is -0.382. The quantitative estimate of drug-likeness (QED) is 0.395. The van der Waals surface area contributed by atoms with Crippen LogP contribution in [0.1, 0.15) is 19.3 Å². The molecule has 0 saturated heterocycles. The monoisotopic (exact) mass is 277 g/mol. The number of halogens is 1. The smallest absolute Gasteiger partial charge is 0.243 e. The molecule has 0 rings (SSSR count). The molecule has 0 fully saturated rings. The van der Waals surface area contributed by atoms with Crippen LogP contribution in [-0.4, -0.2) is 30.2 Å². The highest BCUT2D eigenvalue weighted by molar-refractivity contribution is 9.09. The Morgan fingerprint density at radius 2 is 2.00 bits per heavy atom. The fourth-order valence-electron chi connectivity index (χ4n) is 0.942. The molecule has 2 amide bonds. The lowest BCUT2D eigenvalue weighted by Crippen LogP contribution is -2.25. The highest BCUT2D eigenvalue weighted by Gasteiger charge is 1.96. The van der Waals surface area contributed by atoms with Gasteiger partial charge in [0.2, 0.25) is 11.8 Å². The number of unbranched alkanes of at least 4 members (excludes halogenated alkanes) is 2. The van der Waals surface area contributed by atoms with E-state index in [1.807, 2.05) is 0 Å².